The van der Waals surface area contributed by atoms with E-state index >= 15 is 0 Å². The summed E-state index contributed by atoms with van der Waals surface area (Å²) in [5, 5.41) is 17.8. The topological polar surface area (TPSA) is 57.5 Å². The van der Waals surface area contributed by atoms with Gasteiger partial charge in [0, 0.05) is 6.42 Å². The predicted octanol–water partition coefficient (Wildman–Crippen LogP) is 1.04. The molecule has 0 aromatic rings. The lowest BCUT2D eigenvalue weighted by Crippen LogP contribution is -2.18. The van der Waals surface area contributed by atoms with E-state index in [0.29, 0.717) is 0 Å². The highest BCUT2D eigenvalue weighted by Gasteiger charge is 2.21. The summed E-state index contributed by atoms with van der Waals surface area (Å²) in [6.07, 6.45) is 4.54. The fourth-order valence-electron chi connectivity index (χ4n) is 0.765. The van der Waals surface area contributed by atoms with Crippen LogP contribution in [0.5, 0.6) is 0 Å². The molecule has 1 atom stereocenters. The van der Waals surface area contributed by atoms with Crippen molar-refractivity contribution in [2.75, 3.05) is 0 Å². The Labute approximate surface area is 72.2 Å². The van der Waals surface area contributed by atoms with Crippen molar-refractivity contribution in [3.8, 4) is 0 Å². The molecule has 1 aliphatic carbocycles. The Kier molecular flexibility index (Phi) is 2.15. The van der Waals surface area contributed by atoms with Gasteiger partial charge in [-0.2, -0.15) is 0 Å². The lowest BCUT2D eigenvalue weighted by Gasteiger charge is -2.17. The third-order valence-corrected chi connectivity index (χ3v) is 1.96. The van der Waals surface area contributed by atoms with Crippen molar-refractivity contribution in [3.05, 3.63) is 23.8 Å². The van der Waals surface area contributed by atoms with Gasteiger partial charge in [-0.15, -0.1) is 0 Å². The molecule has 60 valence electrons. The minimum absolute atomic E-state index is 0.217. The first-order chi connectivity index (χ1) is 5.01. The number of alkyl halides is 1. The Hall–Kier alpha value is -0.610. The van der Waals surface area contributed by atoms with Crippen LogP contribution in [0.15, 0.2) is 23.8 Å². The van der Waals surface area contributed by atoms with Gasteiger partial charge >= 0.3 is 5.97 Å². The highest BCUT2D eigenvalue weighted by Crippen LogP contribution is 2.26. The van der Waals surface area contributed by atoms with Gasteiger partial charge in [0.15, 0.2) is 0 Å². The Morgan fingerprint density at radius 3 is 2.73 bits per heavy atom. The Bertz CT molecular complexity index is 240. The van der Waals surface area contributed by atoms with E-state index in [1.165, 1.54) is 18.2 Å². The number of rotatable bonds is 1. The second kappa shape index (κ2) is 2.79. The SMILES string of the molecule is O=C(O)C1=CCC(O)(Br)C=C1. The van der Waals surface area contributed by atoms with Crippen LogP contribution in [0.4, 0.5) is 0 Å². The number of carbonyl (C=O) groups is 1. The minimum atomic E-state index is -1.06. The highest BCUT2D eigenvalue weighted by molar-refractivity contribution is 9.10. The molecule has 0 heterocycles. The van der Waals surface area contributed by atoms with Gasteiger partial charge in [0.05, 0.1) is 5.57 Å². The molecule has 0 bridgehead atoms. The molecule has 0 radical (unpaired) electrons. The summed E-state index contributed by atoms with van der Waals surface area (Å²) in [6.45, 7) is 0. The summed E-state index contributed by atoms with van der Waals surface area (Å²) < 4.78 is -1.06. The summed E-state index contributed by atoms with van der Waals surface area (Å²) in [6, 6.07) is 0. The molecular formula is C7H7BrO3. The average Bonchev–Trinajstić information content (AvgIpc) is 1.86. The number of hydrogen-bond acceptors (Lipinski definition) is 2. The maximum absolute atomic E-state index is 10.3. The smallest absolute Gasteiger partial charge is 0.335 e. The monoisotopic (exact) mass is 218 g/mol. The Morgan fingerprint density at radius 2 is 2.36 bits per heavy atom. The molecular weight excluding hydrogens is 212 g/mol. The highest BCUT2D eigenvalue weighted by atomic mass is 79.9. The van der Waals surface area contributed by atoms with E-state index in [-0.39, 0.29) is 12.0 Å². The summed E-state index contributed by atoms with van der Waals surface area (Å²) in [4.78, 5) is 10.3. The second-order valence-corrected chi connectivity index (χ2v) is 3.69. The van der Waals surface area contributed by atoms with Crippen LogP contribution in [-0.4, -0.2) is 20.7 Å². The van der Waals surface area contributed by atoms with Crippen LogP contribution in [-0.2, 0) is 4.79 Å². The number of carboxylic acids is 1. The van der Waals surface area contributed by atoms with Crippen molar-refractivity contribution >= 4 is 21.9 Å². The molecule has 0 saturated carbocycles. The quantitative estimate of drug-likeness (QED) is 0.647. The van der Waals surface area contributed by atoms with Crippen LogP contribution in [0, 0.1) is 0 Å². The van der Waals surface area contributed by atoms with Crippen LogP contribution in [0.25, 0.3) is 0 Å². The van der Waals surface area contributed by atoms with Crippen LogP contribution in [0.2, 0.25) is 0 Å². The Balaban J connectivity index is 2.75. The largest absolute Gasteiger partial charge is 0.478 e. The Morgan fingerprint density at radius 1 is 1.73 bits per heavy atom. The molecule has 4 heteroatoms. The molecule has 0 saturated heterocycles. The zero-order valence-electron chi connectivity index (χ0n) is 5.62. The van der Waals surface area contributed by atoms with Crippen LogP contribution >= 0.6 is 15.9 Å². The molecule has 11 heavy (non-hydrogen) atoms. The first-order valence-corrected chi connectivity index (χ1v) is 3.84. The van der Waals surface area contributed by atoms with E-state index in [4.69, 9.17) is 5.11 Å². The predicted molar refractivity (Wildman–Crippen MR) is 43.4 cm³/mol. The van der Waals surface area contributed by atoms with Gasteiger partial charge in [-0.05, 0) is 28.1 Å². The van der Waals surface area contributed by atoms with Gasteiger partial charge in [0.1, 0.15) is 4.51 Å². The molecule has 1 rings (SSSR count). The van der Waals surface area contributed by atoms with Gasteiger partial charge in [-0.1, -0.05) is 6.08 Å². The summed E-state index contributed by atoms with van der Waals surface area (Å²) in [5.41, 5.74) is 0.217. The number of halogens is 1. The van der Waals surface area contributed by atoms with Crippen LogP contribution in [0.3, 0.4) is 0 Å². The lowest BCUT2D eigenvalue weighted by atomic mass is 10.1. The molecule has 0 aromatic carbocycles. The third-order valence-electron chi connectivity index (χ3n) is 1.37. The van der Waals surface area contributed by atoms with Crippen molar-refractivity contribution in [3.63, 3.8) is 0 Å². The fourth-order valence-corrected chi connectivity index (χ4v) is 1.06. The van der Waals surface area contributed by atoms with E-state index in [9.17, 15) is 9.90 Å². The van der Waals surface area contributed by atoms with Crippen molar-refractivity contribution < 1.29 is 15.0 Å². The van der Waals surface area contributed by atoms with Gasteiger partial charge in [0.2, 0.25) is 0 Å². The van der Waals surface area contributed by atoms with Crippen LogP contribution in [0.1, 0.15) is 6.42 Å². The zero-order chi connectivity index (χ0) is 8.48. The number of aliphatic hydroxyl groups is 1. The van der Waals surface area contributed by atoms with Gasteiger partial charge in [0.25, 0.3) is 0 Å². The minimum Gasteiger partial charge on any atom is -0.478 e. The van der Waals surface area contributed by atoms with E-state index in [1.807, 2.05) is 0 Å². The third kappa shape index (κ3) is 2.17. The van der Waals surface area contributed by atoms with E-state index in [2.05, 4.69) is 15.9 Å². The van der Waals surface area contributed by atoms with Crippen molar-refractivity contribution in [2.45, 2.75) is 10.9 Å². The molecule has 1 aliphatic rings. The molecule has 3 nitrogen and oxygen atoms in total. The summed E-state index contributed by atoms with van der Waals surface area (Å²) in [5.74, 6) is -0.968. The molecule has 0 aromatic heterocycles. The van der Waals surface area contributed by atoms with Crippen molar-refractivity contribution in [2.24, 2.45) is 0 Å². The lowest BCUT2D eigenvalue weighted by molar-refractivity contribution is -0.132. The molecule has 0 spiro atoms. The van der Waals surface area contributed by atoms with Crippen molar-refractivity contribution in [1.82, 2.24) is 0 Å². The van der Waals surface area contributed by atoms with Gasteiger partial charge in [-0.3, -0.25) is 0 Å². The number of hydrogen-bond donors (Lipinski definition) is 2. The molecule has 0 amide bonds. The molecule has 1 unspecified atom stereocenters. The normalized spacial score (nSPS) is 29.8. The first kappa shape index (κ1) is 8.49. The molecule has 2 N–H and O–H groups in total. The van der Waals surface area contributed by atoms with E-state index in [1.54, 1.807) is 0 Å². The number of carboxylic acid groups (broad SMARTS) is 1. The molecule has 0 aliphatic heterocycles. The van der Waals surface area contributed by atoms with Crippen LogP contribution < -0.4 is 0 Å². The van der Waals surface area contributed by atoms with Gasteiger partial charge < -0.3 is 10.2 Å². The zero-order valence-corrected chi connectivity index (χ0v) is 7.21. The van der Waals surface area contributed by atoms with Gasteiger partial charge in [-0.25, -0.2) is 4.79 Å². The van der Waals surface area contributed by atoms with E-state index < -0.39 is 10.5 Å². The number of aliphatic carboxylic acids is 1. The maximum Gasteiger partial charge on any atom is 0.335 e. The summed E-state index contributed by atoms with van der Waals surface area (Å²) >= 11 is 3.00. The average molecular weight is 219 g/mol. The molecule has 0 fully saturated rings. The fraction of sp³-hybridized carbons (Fsp3) is 0.286. The first-order valence-electron chi connectivity index (χ1n) is 3.05. The van der Waals surface area contributed by atoms with E-state index in [0.717, 1.165) is 0 Å². The standard InChI is InChI=1S/C7H7BrO3/c8-7(11)3-1-5(2-4-7)6(9)10/h1-3,11H,4H2,(H,9,10). The maximum atomic E-state index is 10.3. The second-order valence-electron chi connectivity index (χ2n) is 2.32. The summed E-state index contributed by atoms with van der Waals surface area (Å²) in [7, 11) is 0. The van der Waals surface area contributed by atoms with Crippen molar-refractivity contribution in [1.29, 1.82) is 0 Å².